The molecule has 1 aliphatic rings. The van der Waals surface area contributed by atoms with E-state index in [4.69, 9.17) is 23.2 Å². The average Bonchev–Trinajstić information content (AvgIpc) is 3.23. The molecule has 1 amide bonds. The van der Waals surface area contributed by atoms with E-state index in [2.05, 4.69) is 5.32 Å². The second-order valence-electron chi connectivity index (χ2n) is 6.88. The Kier molecular flexibility index (Phi) is 5.94. The Labute approximate surface area is 169 Å². The van der Waals surface area contributed by atoms with Gasteiger partial charge in [0.15, 0.2) is 0 Å². The van der Waals surface area contributed by atoms with E-state index in [9.17, 15) is 10.1 Å². The van der Waals surface area contributed by atoms with Gasteiger partial charge < -0.3 is 9.88 Å². The molecule has 0 radical (unpaired) electrons. The maximum Gasteiger partial charge on any atom is 0.262 e. The number of halogens is 2. The van der Waals surface area contributed by atoms with Crippen LogP contribution in [-0.4, -0.2) is 16.5 Å². The third-order valence-corrected chi connectivity index (χ3v) is 5.53. The quantitative estimate of drug-likeness (QED) is 0.552. The molecule has 1 aliphatic carbocycles. The van der Waals surface area contributed by atoms with Gasteiger partial charge in [0.25, 0.3) is 5.91 Å². The van der Waals surface area contributed by atoms with E-state index in [1.807, 2.05) is 30.6 Å². The standard InChI is InChI=1S/C21H21Cl2N3O/c1-13-9-15(10-16(12-24)21(27)25-18-5-3-4-6-18)14(2)26(13)20-11-17(22)7-8-19(20)23/h7-11,18H,3-6H2,1-2H3,(H,25,27)/b16-10-. The lowest BCUT2D eigenvalue weighted by Crippen LogP contribution is -2.33. The van der Waals surface area contributed by atoms with E-state index >= 15 is 0 Å². The summed E-state index contributed by atoms with van der Waals surface area (Å²) in [6.45, 7) is 3.88. The second-order valence-corrected chi connectivity index (χ2v) is 7.73. The van der Waals surface area contributed by atoms with Crippen molar-refractivity contribution in [3.8, 4) is 11.8 Å². The molecule has 6 heteroatoms. The lowest BCUT2D eigenvalue weighted by atomic mass is 10.1. The Morgan fingerprint density at radius 3 is 2.63 bits per heavy atom. The monoisotopic (exact) mass is 401 g/mol. The first-order valence-electron chi connectivity index (χ1n) is 8.97. The molecule has 0 atom stereocenters. The van der Waals surface area contributed by atoms with Crippen molar-refractivity contribution in [3.05, 3.63) is 56.8 Å². The molecule has 1 fully saturated rings. The van der Waals surface area contributed by atoms with Gasteiger partial charge in [-0.05, 0) is 62.6 Å². The Bertz CT molecular complexity index is 947. The number of nitriles is 1. The number of nitrogens with zero attached hydrogens (tertiary/aromatic N) is 2. The maximum atomic E-state index is 12.5. The maximum absolute atomic E-state index is 12.5. The molecule has 1 aromatic heterocycles. The molecule has 27 heavy (non-hydrogen) atoms. The first-order valence-corrected chi connectivity index (χ1v) is 9.73. The number of rotatable bonds is 4. The molecule has 3 rings (SSSR count). The van der Waals surface area contributed by atoms with Crippen molar-refractivity contribution in [1.82, 2.24) is 9.88 Å². The molecule has 0 spiro atoms. The number of nitrogens with one attached hydrogen (secondary N) is 1. The van der Waals surface area contributed by atoms with Crippen LogP contribution in [0.5, 0.6) is 0 Å². The molecule has 2 aromatic rings. The van der Waals surface area contributed by atoms with Crippen LogP contribution in [0.15, 0.2) is 29.8 Å². The van der Waals surface area contributed by atoms with Crippen LogP contribution in [0.2, 0.25) is 10.0 Å². The summed E-state index contributed by atoms with van der Waals surface area (Å²) < 4.78 is 1.98. The summed E-state index contributed by atoms with van der Waals surface area (Å²) in [4.78, 5) is 12.5. The Balaban J connectivity index is 1.95. The molecule has 1 aromatic carbocycles. The minimum Gasteiger partial charge on any atom is -0.349 e. The fourth-order valence-electron chi connectivity index (χ4n) is 3.60. The van der Waals surface area contributed by atoms with Crippen LogP contribution >= 0.6 is 23.2 Å². The van der Waals surface area contributed by atoms with Crippen LogP contribution in [0.3, 0.4) is 0 Å². The summed E-state index contributed by atoms with van der Waals surface area (Å²) in [5.74, 6) is -0.310. The van der Waals surface area contributed by atoms with Gasteiger partial charge in [-0.25, -0.2) is 0 Å². The van der Waals surface area contributed by atoms with E-state index < -0.39 is 0 Å². The Morgan fingerprint density at radius 1 is 1.26 bits per heavy atom. The van der Waals surface area contributed by atoms with Gasteiger partial charge >= 0.3 is 0 Å². The van der Waals surface area contributed by atoms with Crippen molar-refractivity contribution in [1.29, 1.82) is 5.26 Å². The fourth-order valence-corrected chi connectivity index (χ4v) is 3.97. The molecule has 1 heterocycles. The lowest BCUT2D eigenvalue weighted by Gasteiger charge is -2.12. The van der Waals surface area contributed by atoms with Crippen LogP contribution in [-0.2, 0) is 4.79 Å². The Hall–Kier alpha value is -2.22. The third-order valence-electron chi connectivity index (χ3n) is 4.97. The van der Waals surface area contributed by atoms with Gasteiger partial charge in [0.2, 0.25) is 0 Å². The predicted octanol–water partition coefficient (Wildman–Crippen LogP) is 5.37. The van der Waals surface area contributed by atoms with Gasteiger partial charge in [-0.1, -0.05) is 36.0 Å². The zero-order valence-electron chi connectivity index (χ0n) is 15.4. The minimum atomic E-state index is -0.310. The minimum absolute atomic E-state index is 0.111. The summed E-state index contributed by atoms with van der Waals surface area (Å²) >= 11 is 12.5. The van der Waals surface area contributed by atoms with E-state index in [1.165, 1.54) is 0 Å². The smallest absolute Gasteiger partial charge is 0.262 e. The zero-order chi connectivity index (χ0) is 19.6. The van der Waals surface area contributed by atoms with Gasteiger partial charge in [0, 0.05) is 22.5 Å². The highest BCUT2D eigenvalue weighted by Gasteiger charge is 2.20. The van der Waals surface area contributed by atoms with E-state index in [0.29, 0.717) is 10.0 Å². The molecular formula is C21H21Cl2N3O. The van der Waals surface area contributed by atoms with Crippen molar-refractivity contribution < 1.29 is 4.79 Å². The molecule has 1 N–H and O–H groups in total. The largest absolute Gasteiger partial charge is 0.349 e. The number of amides is 1. The molecule has 0 unspecified atom stereocenters. The molecular weight excluding hydrogens is 381 g/mol. The van der Waals surface area contributed by atoms with Crippen molar-refractivity contribution in [2.24, 2.45) is 0 Å². The molecule has 0 aliphatic heterocycles. The molecule has 4 nitrogen and oxygen atoms in total. The number of aryl methyl sites for hydroxylation is 1. The van der Waals surface area contributed by atoms with Crippen LogP contribution in [0.1, 0.15) is 42.6 Å². The summed E-state index contributed by atoms with van der Waals surface area (Å²) in [7, 11) is 0. The molecule has 140 valence electrons. The number of carbonyl (C=O) groups is 1. The summed E-state index contributed by atoms with van der Waals surface area (Å²) in [6.07, 6.45) is 5.84. The molecule has 0 saturated heterocycles. The number of aromatic nitrogens is 1. The van der Waals surface area contributed by atoms with Gasteiger partial charge in [-0.3, -0.25) is 4.79 Å². The highest BCUT2D eigenvalue weighted by atomic mass is 35.5. The van der Waals surface area contributed by atoms with Crippen LogP contribution in [0, 0.1) is 25.2 Å². The number of hydrogen-bond acceptors (Lipinski definition) is 2. The van der Waals surface area contributed by atoms with Crippen molar-refractivity contribution in [2.45, 2.75) is 45.6 Å². The van der Waals surface area contributed by atoms with E-state index in [0.717, 1.165) is 48.3 Å². The van der Waals surface area contributed by atoms with Crippen LogP contribution in [0.25, 0.3) is 11.8 Å². The van der Waals surface area contributed by atoms with Gasteiger partial charge in [0.05, 0.1) is 10.7 Å². The Morgan fingerprint density at radius 2 is 1.96 bits per heavy atom. The highest BCUT2D eigenvalue weighted by Crippen LogP contribution is 2.30. The lowest BCUT2D eigenvalue weighted by molar-refractivity contribution is -0.117. The SMILES string of the molecule is Cc1cc(/C=C(/C#N)C(=O)NC2CCCC2)c(C)n1-c1cc(Cl)ccc1Cl. The van der Waals surface area contributed by atoms with Gasteiger partial charge in [-0.2, -0.15) is 5.26 Å². The number of carbonyl (C=O) groups excluding carboxylic acids is 1. The summed E-state index contributed by atoms with van der Waals surface area (Å²) in [6, 6.07) is 9.44. The molecule has 1 saturated carbocycles. The number of hydrogen-bond donors (Lipinski definition) is 1. The van der Waals surface area contributed by atoms with Gasteiger partial charge in [-0.15, -0.1) is 0 Å². The van der Waals surface area contributed by atoms with Crippen LogP contribution < -0.4 is 5.32 Å². The van der Waals surface area contributed by atoms with Crippen LogP contribution in [0.4, 0.5) is 0 Å². The van der Waals surface area contributed by atoms with E-state index in [-0.39, 0.29) is 17.5 Å². The van der Waals surface area contributed by atoms with Crippen molar-refractivity contribution >= 4 is 35.2 Å². The average molecular weight is 402 g/mol. The summed E-state index contributed by atoms with van der Waals surface area (Å²) in [5.41, 5.74) is 3.52. The van der Waals surface area contributed by atoms with Crippen molar-refractivity contribution in [2.75, 3.05) is 0 Å². The predicted molar refractivity (Wildman–Crippen MR) is 109 cm³/mol. The first-order chi connectivity index (χ1) is 12.9. The topological polar surface area (TPSA) is 57.8 Å². The highest BCUT2D eigenvalue weighted by molar-refractivity contribution is 6.34. The number of benzene rings is 1. The fraction of sp³-hybridized carbons (Fsp3) is 0.333. The van der Waals surface area contributed by atoms with Crippen molar-refractivity contribution in [3.63, 3.8) is 0 Å². The van der Waals surface area contributed by atoms with Gasteiger partial charge in [0.1, 0.15) is 11.6 Å². The first kappa shape index (κ1) is 19.5. The normalized spacial score (nSPS) is 15.0. The zero-order valence-corrected chi connectivity index (χ0v) is 16.9. The second kappa shape index (κ2) is 8.21. The third kappa shape index (κ3) is 4.21. The molecule has 0 bridgehead atoms. The van der Waals surface area contributed by atoms with E-state index in [1.54, 1.807) is 24.3 Å². The summed E-state index contributed by atoms with van der Waals surface area (Å²) in [5, 5.41) is 13.6.